The van der Waals surface area contributed by atoms with E-state index in [1.165, 1.54) is 18.7 Å². The number of hydrogen-bond donors (Lipinski definition) is 1. The van der Waals surface area contributed by atoms with Gasteiger partial charge in [0, 0.05) is 37.6 Å². The van der Waals surface area contributed by atoms with E-state index in [2.05, 4.69) is 41.1 Å². The Morgan fingerprint density at radius 3 is 2.40 bits per heavy atom. The SMILES string of the molecule is CCCN1CCN(c2ccc(C#N)c(Nc3ccccc3)c2C)CC1. The fourth-order valence-electron chi connectivity index (χ4n) is 3.49. The van der Waals surface area contributed by atoms with E-state index >= 15 is 0 Å². The van der Waals surface area contributed by atoms with Crippen LogP contribution < -0.4 is 10.2 Å². The molecular formula is C21H26N4. The van der Waals surface area contributed by atoms with E-state index in [0.717, 1.165) is 43.1 Å². The smallest absolute Gasteiger partial charge is 0.101 e. The van der Waals surface area contributed by atoms with Crippen molar-refractivity contribution in [3.8, 4) is 6.07 Å². The molecule has 0 aromatic heterocycles. The van der Waals surface area contributed by atoms with Crippen LogP contribution in [0.1, 0.15) is 24.5 Å². The molecule has 0 spiro atoms. The number of nitrogens with one attached hydrogen (secondary N) is 1. The molecule has 0 saturated carbocycles. The number of nitrogens with zero attached hydrogens (tertiary/aromatic N) is 3. The first kappa shape index (κ1) is 17.3. The van der Waals surface area contributed by atoms with E-state index in [0.29, 0.717) is 5.56 Å². The Balaban J connectivity index is 1.84. The van der Waals surface area contributed by atoms with E-state index in [1.807, 2.05) is 36.4 Å². The van der Waals surface area contributed by atoms with Crippen LogP contribution in [0.2, 0.25) is 0 Å². The van der Waals surface area contributed by atoms with Crippen LogP contribution in [0.4, 0.5) is 17.1 Å². The van der Waals surface area contributed by atoms with Gasteiger partial charge in [0.2, 0.25) is 0 Å². The van der Waals surface area contributed by atoms with Crippen LogP contribution in [0.15, 0.2) is 42.5 Å². The zero-order valence-corrected chi connectivity index (χ0v) is 15.1. The van der Waals surface area contributed by atoms with Gasteiger partial charge in [0.25, 0.3) is 0 Å². The normalized spacial score (nSPS) is 15.0. The van der Waals surface area contributed by atoms with Crippen molar-refractivity contribution < 1.29 is 0 Å². The molecule has 1 saturated heterocycles. The fraction of sp³-hybridized carbons (Fsp3) is 0.381. The third-order valence-corrected chi connectivity index (χ3v) is 4.85. The Morgan fingerprint density at radius 1 is 1.04 bits per heavy atom. The highest BCUT2D eigenvalue weighted by molar-refractivity contribution is 5.76. The first-order chi connectivity index (χ1) is 12.2. The Morgan fingerprint density at radius 2 is 1.76 bits per heavy atom. The average molecular weight is 334 g/mol. The molecule has 1 N–H and O–H groups in total. The summed E-state index contributed by atoms with van der Waals surface area (Å²) in [7, 11) is 0. The molecule has 0 atom stereocenters. The summed E-state index contributed by atoms with van der Waals surface area (Å²) in [4.78, 5) is 4.97. The van der Waals surface area contributed by atoms with Crippen molar-refractivity contribution in [3.05, 3.63) is 53.6 Å². The van der Waals surface area contributed by atoms with Gasteiger partial charge in [-0.3, -0.25) is 4.90 Å². The lowest BCUT2D eigenvalue weighted by molar-refractivity contribution is 0.258. The molecule has 0 aliphatic carbocycles. The molecule has 0 radical (unpaired) electrons. The monoisotopic (exact) mass is 334 g/mol. The molecule has 0 unspecified atom stereocenters. The van der Waals surface area contributed by atoms with Crippen molar-refractivity contribution in [1.29, 1.82) is 5.26 Å². The maximum Gasteiger partial charge on any atom is 0.101 e. The molecule has 1 heterocycles. The Kier molecular flexibility index (Phi) is 5.57. The second kappa shape index (κ2) is 8.04. The van der Waals surface area contributed by atoms with Crippen molar-refractivity contribution in [2.75, 3.05) is 42.9 Å². The molecule has 1 aliphatic rings. The first-order valence-electron chi connectivity index (χ1n) is 9.06. The summed E-state index contributed by atoms with van der Waals surface area (Å²) in [5.74, 6) is 0. The molecule has 0 bridgehead atoms. The summed E-state index contributed by atoms with van der Waals surface area (Å²) in [6.07, 6.45) is 1.21. The predicted molar refractivity (Wildman–Crippen MR) is 105 cm³/mol. The number of hydrogen-bond acceptors (Lipinski definition) is 4. The zero-order valence-electron chi connectivity index (χ0n) is 15.1. The van der Waals surface area contributed by atoms with Crippen molar-refractivity contribution >= 4 is 17.1 Å². The Bertz CT molecular complexity index is 740. The second-order valence-corrected chi connectivity index (χ2v) is 6.56. The van der Waals surface area contributed by atoms with Gasteiger partial charge < -0.3 is 10.2 Å². The number of rotatable bonds is 5. The van der Waals surface area contributed by atoms with Crippen molar-refractivity contribution in [2.24, 2.45) is 0 Å². The molecule has 4 heteroatoms. The van der Waals surface area contributed by atoms with E-state index in [4.69, 9.17) is 0 Å². The number of anilines is 3. The van der Waals surface area contributed by atoms with Gasteiger partial charge >= 0.3 is 0 Å². The molecule has 2 aromatic rings. The summed E-state index contributed by atoms with van der Waals surface area (Å²) in [6.45, 7) is 9.82. The fourth-order valence-corrected chi connectivity index (χ4v) is 3.49. The second-order valence-electron chi connectivity index (χ2n) is 6.56. The van der Waals surface area contributed by atoms with E-state index in [1.54, 1.807) is 0 Å². The third-order valence-electron chi connectivity index (χ3n) is 4.85. The largest absolute Gasteiger partial charge is 0.369 e. The molecule has 1 fully saturated rings. The molecule has 130 valence electrons. The van der Waals surface area contributed by atoms with Crippen LogP contribution in [0, 0.1) is 18.3 Å². The summed E-state index contributed by atoms with van der Waals surface area (Å²) in [5.41, 5.74) is 4.99. The lowest BCUT2D eigenvalue weighted by atomic mass is 10.0. The highest BCUT2D eigenvalue weighted by Gasteiger charge is 2.20. The van der Waals surface area contributed by atoms with E-state index in [-0.39, 0.29) is 0 Å². The minimum atomic E-state index is 0.690. The minimum absolute atomic E-state index is 0.690. The maximum absolute atomic E-state index is 9.51. The highest BCUT2D eigenvalue weighted by atomic mass is 15.3. The van der Waals surface area contributed by atoms with Crippen LogP contribution in [0.5, 0.6) is 0 Å². The van der Waals surface area contributed by atoms with Crippen LogP contribution in [-0.4, -0.2) is 37.6 Å². The quantitative estimate of drug-likeness (QED) is 0.892. The van der Waals surface area contributed by atoms with Crippen LogP contribution >= 0.6 is 0 Å². The lowest BCUT2D eigenvalue weighted by Crippen LogP contribution is -2.46. The summed E-state index contributed by atoms with van der Waals surface area (Å²) >= 11 is 0. The Hall–Kier alpha value is -2.51. The van der Waals surface area contributed by atoms with E-state index in [9.17, 15) is 5.26 Å². The molecule has 25 heavy (non-hydrogen) atoms. The summed E-state index contributed by atoms with van der Waals surface area (Å²) < 4.78 is 0. The third kappa shape index (κ3) is 3.94. The molecule has 2 aromatic carbocycles. The van der Waals surface area contributed by atoms with Crippen LogP contribution in [-0.2, 0) is 0 Å². The molecular weight excluding hydrogens is 308 g/mol. The van der Waals surface area contributed by atoms with Crippen LogP contribution in [0.3, 0.4) is 0 Å². The zero-order chi connectivity index (χ0) is 17.6. The van der Waals surface area contributed by atoms with Crippen molar-refractivity contribution in [3.63, 3.8) is 0 Å². The average Bonchev–Trinajstić information content (AvgIpc) is 2.65. The van der Waals surface area contributed by atoms with Gasteiger partial charge in [-0.05, 0) is 49.7 Å². The number of piperazine rings is 1. The molecule has 3 rings (SSSR count). The molecule has 4 nitrogen and oxygen atoms in total. The van der Waals surface area contributed by atoms with Gasteiger partial charge in [0.15, 0.2) is 0 Å². The van der Waals surface area contributed by atoms with Gasteiger partial charge in [-0.15, -0.1) is 0 Å². The van der Waals surface area contributed by atoms with Gasteiger partial charge in [0.05, 0.1) is 11.3 Å². The number of benzene rings is 2. The van der Waals surface area contributed by atoms with Crippen LogP contribution in [0.25, 0.3) is 0 Å². The van der Waals surface area contributed by atoms with Crippen molar-refractivity contribution in [1.82, 2.24) is 4.90 Å². The molecule has 0 amide bonds. The minimum Gasteiger partial charge on any atom is -0.369 e. The van der Waals surface area contributed by atoms with E-state index < -0.39 is 0 Å². The number of nitriles is 1. The molecule has 1 aliphatic heterocycles. The van der Waals surface area contributed by atoms with Gasteiger partial charge in [-0.25, -0.2) is 0 Å². The van der Waals surface area contributed by atoms with Gasteiger partial charge in [-0.2, -0.15) is 5.26 Å². The maximum atomic E-state index is 9.51. The summed E-state index contributed by atoms with van der Waals surface area (Å²) in [6, 6.07) is 16.4. The lowest BCUT2D eigenvalue weighted by Gasteiger charge is -2.37. The first-order valence-corrected chi connectivity index (χ1v) is 9.06. The van der Waals surface area contributed by atoms with Gasteiger partial charge in [-0.1, -0.05) is 25.1 Å². The van der Waals surface area contributed by atoms with Crippen molar-refractivity contribution in [2.45, 2.75) is 20.3 Å². The number of para-hydroxylation sites is 1. The van der Waals surface area contributed by atoms with Gasteiger partial charge in [0.1, 0.15) is 6.07 Å². The topological polar surface area (TPSA) is 42.3 Å². The predicted octanol–water partition coefficient (Wildman–Crippen LogP) is 4.14. The summed E-state index contributed by atoms with van der Waals surface area (Å²) in [5, 5.41) is 12.9. The highest BCUT2D eigenvalue weighted by Crippen LogP contribution is 2.32. The standard InChI is InChI=1S/C21H26N4/c1-3-11-24-12-14-25(15-13-24)20-10-9-18(16-22)21(17(20)2)23-19-7-5-4-6-8-19/h4-10,23H,3,11-15H2,1-2H3. The Labute approximate surface area is 150 Å².